The number of hydrogen-bond acceptors (Lipinski definition) is 12. The molecule has 0 saturated carbocycles. The molecule has 2 aromatic carbocycles. The number of amides is 2. The highest BCUT2D eigenvalue weighted by atomic mass is 35.5. The van der Waals surface area contributed by atoms with E-state index in [9.17, 15) is 35.1 Å². The molecule has 2 aromatic rings. The van der Waals surface area contributed by atoms with E-state index in [1.807, 2.05) is 0 Å². The molecule has 14 nitrogen and oxygen atoms in total. The zero-order valence-corrected chi connectivity index (χ0v) is 31.6. The van der Waals surface area contributed by atoms with Crippen molar-refractivity contribution in [2.45, 2.75) is 87.7 Å². The van der Waals surface area contributed by atoms with E-state index >= 15 is 0 Å². The number of aromatic hydroxyl groups is 1. The van der Waals surface area contributed by atoms with Gasteiger partial charge in [-0.15, -0.1) is 0 Å². The number of aryl methyl sites for hydroxylation is 2. The van der Waals surface area contributed by atoms with Gasteiger partial charge in [0.1, 0.15) is 17.5 Å². The number of aliphatic hydroxyl groups excluding tert-OH is 3. The average Bonchev–Trinajstić information content (AvgIpc) is 3.47. The van der Waals surface area contributed by atoms with E-state index < -0.39 is 65.9 Å². The molecule has 7 N–H and O–H groups in total. The van der Waals surface area contributed by atoms with Crippen molar-refractivity contribution in [1.29, 1.82) is 0 Å². The number of phenolic OH excluding ortho intramolecular Hbond substituents is 1. The molecule has 4 bridgehead atoms. The molecule has 4 aliphatic rings. The second-order valence-corrected chi connectivity index (χ2v) is 14.3. The summed E-state index contributed by atoms with van der Waals surface area (Å²) in [6.07, 6.45) is -5.84. The summed E-state index contributed by atoms with van der Waals surface area (Å²) in [4.78, 5) is 26.2. The molecule has 9 unspecified atom stereocenters. The number of aliphatic hydroxyl groups is 4. The summed E-state index contributed by atoms with van der Waals surface area (Å²) in [6, 6.07) is 5.14. The van der Waals surface area contributed by atoms with Crippen molar-refractivity contribution in [3.63, 3.8) is 0 Å². The summed E-state index contributed by atoms with van der Waals surface area (Å²) in [5.41, 5.74) is -2.44. The fraction of sp³-hybridized carbons (Fsp3) is 0.450. The second kappa shape index (κ2) is 15.9. The molecule has 6 rings (SSSR count). The monoisotopic (exact) mass is 778 g/mol. The Hall–Kier alpha value is -4.61. The van der Waals surface area contributed by atoms with Gasteiger partial charge in [-0.2, -0.15) is 0 Å². The van der Waals surface area contributed by atoms with E-state index in [-0.39, 0.29) is 65.0 Å². The number of methoxy groups -OCH3 is 2. The van der Waals surface area contributed by atoms with Crippen LogP contribution in [0.2, 0.25) is 5.02 Å². The standard InChI is InChI=1S/C40H43ClN2O12/c1-20-6-7-21(2)34(47)32(20)37(49)43-28-19-53-38(36(48)39(28,3)50)55-40-23(10-14-29(40)45)9-8-22-16-17-42-31(46)18-25(44)24-11-12-27(52-5)35(33(24)41)54-30(40)15-13-26(22)51-4/h6-7,10-12,16,25-26,28-30,36,38,44-45,47-48,50H,14,17-19H2,1-5H3,(H,42,46)(H,43,49). The Balaban J connectivity index is 1.43. The van der Waals surface area contributed by atoms with E-state index in [4.69, 9.17) is 35.3 Å². The number of carbonyl (C=O) groups is 2. The van der Waals surface area contributed by atoms with Crippen molar-refractivity contribution in [3.8, 4) is 40.9 Å². The van der Waals surface area contributed by atoms with Crippen molar-refractivity contribution in [3.05, 3.63) is 74.8 Å². The third-order valence-corrected chi connectivity index (χ3v) is 10.8. The van der Waals surface area contributed by atoms with Crippen molar-refractivity contribution >= 4 is 23.4 Å². The number of halogens is 1. The molecular weight excluding hydrogens is 736 g/mol. The van der Waals surface area contributed by atoms with Crippen LogP contribution < -0.4 is 20.1 Å². The third-order valence-electron chi connectivity index (χ3n) is 10.4. The van der Waals surface area contributed by atoms with E-state index in [0.717, 1.165) is 0 Å². The second-order valence-electron chi connectivity index (χ2n) is 13.9. The topological polar surface area (TPSA) is 205 Å². The molecule has 1 fully saturated rings. The molecule has 1 saturated heterocycles. The van der Waals surface area contributed by atoms with Gasteiger partial charge >= 0.3 is 0 Å². The van der Waals surface area contributed by atoms with Crippen LogP contribution in [0.3, 0.4) is 0 Å². The summed E-state index contributed by atoms with van der Waals surface area (Å²) in [5, 5.41) is 62.4. The summed E-state index contributed by atoms with van der Waals surface area (Å²) in [7, 11) is 2.79. The SMILES string of the molecule is COc1ccc2c(Cl)c1OC1C#CC(OC)C(=CCNC(=O)CC2O)C#CC2=CCC(O)C21OC1OCC(NC(=O)c2c(C)ccc(C)c2O)C(C)(O)C1O. The Labute approximate surface area is 323 Å². The van der Waals surface area contributed by atoms with E-state index in [2.05, 4.69) is 34.3 Å². The van der Waals surface area contributed by atoms with Gasteiger partial charge in [0, 0.05) is 30.4 Å². The maximum atomic E-state index is 13.4. The Morgan fingerprint density at radius 2 is 1.82 bits per heavy atom. The minimum absolute atomic E-state index is 0.00475. The predicted octanol–water partition coefficient (Wildman–Crippen LogP) is 1.65. The average molecular weight is 779 g/mol. The molecule has 292 valence electrons. The summed E-state index contributed by atoms with van der Waals surface area (Å²) in [5.74, 6) is 10.7. The molecule has 0 spiro atoms. The number of hydrogen-bond donors (Lipinski definition) is 7. The Bertz CT molecular complexity index is 2060. The van der Waals surface area contributed by atoms with Crippen LogP contribution in [0.4, 0.5) is 0 Å². The molecule has 15 heteroatoms. The number of ether oxygens (including phenoxy) is 5. The lowest BCUT2D eigenvalue weighted by atomic mass is 9.84. The lowest BCUT2D eigenvalue weighted by Gasteiger charge is -2.48. The van der Waals surface area contributed by atoms with Crippen LogP contribution in [-0.2, 0) is 19.0 Å². The fourth-order valence-corrected chi connectivity index (χ4v) is 7.30. The molecule has 2 aliphatic carbocycles. The minimum Gasteiger partial charge on any atom is -0.507 e. The largest absolute Gasteiger partial charge is 0.507 e. The van der Waals surface area contributed by atoms with Gasteiger partial charge in [-0.25, -0.2) is 0 Å². The number of carbonyl (C=O) groups excluding carboxylic acids is 2. The maximum absolute atomic E-state index is 13.4. The summed E-state index contributed by atoms with van der Waals surface area (Å²) < 4.78 is 30.4. The number of benzene rings is 2. The zero-order chi connectivity index (χ0) is 39.8. The molecule has 2 heterocycles. The van der Waals surface area contributed by atoms with Crippen LogP contribution in [0.25, 0.3) is 0 Å². The van der Waals surface area contributed by atoms with Gasteiger partial charge in [0.15, 0.2) is 35.6 Å². The van der Waals surface area contributed by atoms with Crippen LogP contribution in [0.1, 0.15) is 52.9 Å². The van der Waals surface area contributed by atoms with E-state index in [1.54, 1.807) is 38.1 Å². The molecule has 55 heavy (non-hydrogen) atoms. The Morgan fingerprint density at radius 3 is 2.55 bits per heavy atom. The van der Waals surface area contributed by atoms with Crippen LogP contribution in [-0.4, -0.2) is 113 Å². The number of phenols is 1. The third kappa shape index (κ3) is 7.40. The summed E-state index contributed by atoms with van der Waals surface area (Å²) in [6.45, 7) is 4.24. The molecular formula is C40H43ClN2O12. The highest BCUT2D eigenvalue weighted by Gasteiger charge is 2.59. The van der Waals surface area contributed by atoms with Crippen molar-refractivity contribution in [1.82, 2.24) is 10.6 Å². The van der Waals surface area contributed by atoms with Crippen LogP contribution in [0.5, 0.6) is 17.2 Å². The highest BCUT2D eigenvalue weighted by molar-refractivity contribution is 6.33. The normalized spacial score (nSPS) is 31.5. The highest BCUT2D eigenvalue weighted by Crippen LogP contribution is 2.46. The van der Waals surface area contributed by atoms with Crippen LogP contribution in [0.15, 0.2) is 47.6 Å². The predicted molar refractivity (Wildman–Crippen MR) is 197 cm³/mol. The maximum Gasteiger partial charge on any atom is 0.255 e. The first-order valence-corrected chi connectivity index (χ1v) is 17.9. The van der Waals surface area contributed by atoms with Gasteiger partial charge in [-0.05, 0) is 44.4 Å². The van der Waals surface area contributed by atoms with E-state index in [0.29, 0.717) is 16.7 Å². The van der Waals surface area contributed by atoms with Gasteiger partial charge in [-0.1, -0.05) is 65.6 Å². The molecule has 0 radical (unpaired) electrons. The van der Waals surface area contributed by atoms with Crippen molar-refractivity contribution in [2.75, 3.05) is 27.4 Å². The van der Waals surface area contributed by atoms with Gasteiger partial charge < -0.3 is 59.9 Å². The number of fused-ring (bicyclic) bond motifs is 7. The van der Waals surface area contributed by atoms with Crippen molar-refractivity contribution in [2.24, 2.45) is 0 Å². The fourth-order valence-electron chi connectivity index (χ4n) is 6.97. The smallest absolute Gasteiger partial charge is 0.255 e. The first kappa shape index (κ1) is 40.1. The molecule has 2 amide bonds. The molecule has 9 atom stereocenters. The molecule has 0 aromatic heterocycles. The van der Waals surface area contributed by atoms with E-state index in [1.165, 1.54) is 33.3 Å². The summed E-state index contributed by atoms with van der Waals surface area (Å²) >= 11 is 6.87. The Morgan fingerprint density at radius 1 is 1.07 bits per heavy atom. The van der Waals surface area contributed by atoms with Crippen LogP contribution in [0, 0.1) is 37.5 Å². The lowest BCUT2D eigenvalue weighted by Crippen LogP contribution is -2.69. The Kier molecular flexibility index (Phi) is 11.6. The van der Waals surface area contributed by atoms with Crippen LogP contribution >= 0.6 is 11.6 Å². The van der Waals surface area contributed by atoms with Gasteiger partial charge in [-0.3, -0.25) is 9.59 Å². The lowest BCUT2D eigenvalue weighted by molar-refractivity contribution is -0.316. The van der Waals surface area contributed by atoms with Gasteiger partial charge in [0.25, 0.3) is 5.91 Å². The van der Waals surface area contributed by atoms with Gasteiger partial charge in [0.05, 0.1) is 49.0 Å². The quantitative estimate of drug-likeness (QED) is 0.209. The first-order valence-electron chi connectivity index (χ1n) is 17.6. The number of nitrogens with one attached hydrogen (secondary N) is 2. The zero-order valence-electron chi connectivity index (χ0n) is 30.8. The first-order chi connectivity index (χ1) is 26.1. The number of rotatable bonds is 6. The van der Waals surface area contributed by atoms with Crippen molar-refractivity contribution < 1.29 is 58.8 Å². The molecule has 2 aliphatic heterocycles. The van der Waals surface area contributed by atoms with Gasteiger partial charge in [0.2, 0.25) is 5.91 Å². The minimum atomic E-state index is -2.09.